The number of pyridine rings is 1. The molecule has 0 saturated carbocycles. The van der Waals surface area contributed by atoms with Gasteiger partial charge in [0.1, 0.15) is 11.6 Å². The van der Waals surface area contributed by atoms with E-state index in [2.05, 4.69) is 15.2 Å². The molecule has 1 aromatic heterocycles. The van der Waals surface area contributed by atoms with E-state index < -0.39 is 0 Å². The summed E-state index contributed by atoms with van der Waals surface area (Å²) in [4.78, 5) is 6.61. The van der Waals surface area contributed by atoms with Crippen molar-refractivity contribution in [2.24, 2.45) is 0 Å². The van der Waals surface area contributed by atoms with Crippen molar-refractivity contribution in [1.29, 1.82) is 0 Å². The van der Waals surface area contributed by atoms with Crippen LogP contribution < -0.4 is 10.1 Å². The van der Waals surface area contributed by atoms with Gasteiger partial charge in [-0.3, -0.25) is 4.90 Å². The number of rotatable bonds is 4. The Bertz CT molecular complexity index is 885. The minimum absolute atomic E-state index is 0.159. The minimum Gasteiger partial charge on any atom is -0.439 e. The maximum absolute atomic E-state index is 14.0. The molecular weight excluding hydrogens is 329 g/mol. The number of aromatic nitrogens is 1. The predicted molar refractivity (Wildman–Crippen MR) is 99.8 cm³/mol. The molecule has 132 valence electrons. The molecule has 0 bridgehead atoms. The Labute approximate surface area is 152 Å². The van der Waals surface area contributed by atoms with E-state index in [1.54, 1.807) is 12.3 Å². The summed E-state index contributed by atoms with van der Waals surface area (Å²) in [6.45, 7) is 2.91. The normalized spacial score (nSPS) is 14.2. The lowest BCUT2D eigenvalue weighted by molar-refractivity contribution is 0.267. The smallest absolute Gasteiger partial charge is 0.219 e. The molecule has 4 nitrogen and oxygen atoms in total. The van der Waals surface area contributed by atoms with Gasteiger partial charge in [-0.15, -0.1) is 0 Å². The van der Waals surface area contributed by atoms with Crippen LogP contribution >= 0.6 is 0 Å². The monoisotopic (exact) mass is 349 g/mol. The zero-order chi connectivity index (χ0) is 17.8. The summed E-state index contributed by atoms with van der Waals surface area (Å²) < 4.78 is 19.8. The number of halogens is 1. The molecule has 1 aliphatic rings. The molecule has 4 rings (SSSR count). The Morgan fingerprint density at radius 1 is 1.08 bits per heavy atom. The van der Waals surface area contributed by atoms with E-state index in [9.17, 15) is 4.39 Å². The Hall–Kier alpha value is -2.92. The molecular formula is C21H20FN3O. The summed E-state index contributed by atoms with van der Waals surface area (Å²) in [5, 5.41) is 3.39. The maximum Gasteiger partial charge on any atom is 0.219 e. The van der Waals surface area contributed by atoms with Crippen molar-refractivity contribution in [1.82, 2.24) is 9.88 Å². The average molecular weight is 349 g/mol. The van der Waals surface area contributed by atoms with Gasteiger partial charge in [-0.05, 0) is 23.8 Å². The lowest BCUT2D eigenvalue weighted by atomic mass is 10.1. The number of hydrogen-bond acceptors (Lipinski definition) is 4. The first-order valence-electron chi connectivity index (χ1n) is 8.69. The molecule has 5 heteroatoms. The molecule has 1 N–H and O–H groups in total. The van der Waals surface area contributed by atoms with Gasteiger partial charge in [-0.2, -0.15) is 0 Å². The number of para-hydroxylation sites is 1. The lowest BCUT2D eigenvalue weighted by Gasteiger charge is -2.20. The van der Waals surface area contributed by atoms with Crippen LogP contribution in [0.15, 0.2) is 66.9 Å². The quantitative estimate of drug-likeness (QED) is 0.756. The minimum atomic E-state index is -0.159. The fourth-order valence-electron chi connectivity index (χ4n) is 3.10. The fraction of sp³-hybridized carbons (Fsp3) is 0.190. The van der Waals surface area contributed by atoms with Crippen LogP contribution in [0.1, 0.15) is 11.1 Å². The predicted octanol–water partition coefficient (Wildman–Crippen LogP) is 4.44. The second kappa shape index (κ2) is 7.54. The summed E-state index contributed by atoms with van der Waals surface area (Å²) in [6.07, 6.45) is 1.81. The number of ether oxygens (including phenoxy) is 1. The molecule has 0 radical (unpaired) electrons. The molecule has 0 spiro atoms. The molecule has 2 heterocycles. The molecule has 3 aromatic rings. The number of nitrogens with zero attached hydrogens (tertiary/aromatic N) is 2. The van der Waals surface area contributed by atoms with Gasteiger partial charge in [-0.25, -0.2) is 9.37 Å². The number of fused-ring (bicyclic) bond motifs is 1. The lowest BCUT2D eigenvalue weighted by Crippen LogP contribution is -2.26. The third-order valence-corrected chi connectivity index (χ3v) is 4.42. The second-order valence-electron chi connectivity index (χ2n) is 6.32. The molecule has 0 atom stereocenters. The van der Waals surface area contributed by atoms with Crippen LogP contribution in [-0.2, 0) is 13.1 Å². The molecule has 0 amide bonds. The SMILES string of the molecule is Fc1ccccc1CN1CCNc2cnc(Oc3ccccc3)cc2C1. The summed E-state index contributed by atoms with van der Waals surface area (Å²) in [7, 11) is 0. The van der Waals surface area contributed by atoms with Crippen LogP contribution in [0.2, 0.25) is 0 Å². The molecule has 0 saturated heterocycles. The van der Waals surface area contributed by atoms with Crippen LogP contribution in [0, 0.1) is 5.82 Å². The van der Waals surface area contributed by atoms with Crippen molar-refractivity contribution in [2.45, 2.75) is 13.1 Å². The van der Waals surface area contributed by atoms with E-state index in [0.29, 0.717) is 24.5 Å². The van der Waals surface area contributed by atoms with Gasteiger partial charge in [-0.1, -0.05) is 36.4 Å². The molecule has 1 aliphatic heterocycles. The van der Waals surface area contributed by atoms with E-state index in [-0.39, 0.29) is 5.82 Å². The highest BCUT2D eigenvalue weighted by molar-refractivity contribution is 5.52. The van der Waals surface area contributed by atoms with Crippen LogP contribution in [0.3, 0.4) is 0 Å². The van der Waals surface area contributed by atoms with Crippen molar-refractivity contribution in [3.05, 3.63) is 83.8 Å². The van der Waals surface area contributed by atoms with Crippen molar-refractivity contribution >= 4 is 5.69 Å². The Morgan fingerprint density at radius 2 is 1.88 bits per heavy atom. The average Bonchev–Trinajstić information content (AvgIpc) is 2.86. The molecule has 0 aliphatic carbocycles. The van der Waals surface area contributed by atoms with E-state index >= 15 is 0 Å². The highest BCUT2D eigenvalue weighted by Gasteiger charge is 2.17. The van der Waals surface area contributed by atoms with Crippen LogP contribution in [0.5, 0.6) is 11.6 Å². The summed E-state index contributed by atoms with van der Waals surface area (Å²) in [5.74, 6) is 1.15. The van der Waals surface area contributed by atoms with Crippen LogP contribution in [-0.4, -0.2) is 23.0 Å². The Kier molecular flexibility index (Phi) is 4.80. The zero-order valence-electron chi connectivity index (χ0n) is 14.4. The highest BCUT2D eigenvalue weighted by Crippen LogP contribution is 2.27. The zero-order valence-corrected chi connectivity index (χ0v) is 14.4. The first-order chi connectivity index (χ1) is 12.8. The summed E-state index contributed by atoms with van der Waals surface area (Å²) in [5.41, 5.74) is 2.81. The molecule has 0 fully saturated rings. The van der Waals surface area contributed by atoms with Crippen molar-refractivity contribution in [3.63, 3.8) is 0 Å². The molecule has 0 unspecified atom stereocenters. The van der Waals surface area contributed by atoms with Gasteiger partial charge in [0.25, 0.3) is 0 Å². The van der Waals surface area contributed by atoms with Gasteiger partial charge < -0.3 is 10.1 Å². The van der Waals surface area contributed by atoms with Gasteiger partial charge in [0, 0.05) is 37.8 Å². The highest BCUT2D eigenvalue weighted by atomic mass is 19.1. The van der Waals surface area contributed by atoms with Crippen LogP contribution in [0.25, 0.3) is 0 Å². The van der Waals surface area contributed by atoms with Gasteiger partial charge in [0.05, 0.1) is 11.9 Å². The van der Waals surface area contributed by atoms with E-state index in [1.165, 1.54) is 6.07 Å². The molecule has 26 heavy (non-hydrogen) atoms. The number of nitrogens with one attached hydrogen (secondary N) is 1. The molecule has 2 aromatic carbocycles. The summed E-state index contributed by atoms with van der Waals surface area (Å²) >= 11 is 0. The van der Waals surface area contributed by atoms with Crippen molar-refractivity contribution in [3.8, 4) is 11.6 Å². The van der Waals surface area contributed by atoms with E-state index in [1.807, 2.05) is 48.5 Å². The third-order valence-electron chi connectivity index (χ3n) is 4.42. The second-order valence-corrected chi connectivity index (χ2v) is 6.32. The number of benzene rings is 2. The maximum atomic E-state index is 14.0. The van der Waals surface area contributed by atoms with Crippen LogP contribution in [0.4, 0.5) is 10.1 Å². The largest absolute Gasteiger partial charge is 0.439 e. The summed E-state index contributed by atoms with van der Waals surface area (Å²) in [6, 6.07) is 18.5. The Morgan fingerprint density at radius 3 is 2.73 bits per heavy atom. The van der Waals surface area contributed by atoms with Gasteiger partial charge >= 0.3 is 0 Å². The number of anilines is 1. The Balaban J connectivity index is 1.53. The third kappa shape index (κ3) is 3.83. The standard InChI is InChI=1S/C21H20FN3O/c22-19-9-5-4-6-16(19)14-25-11-10-23-20-13-24-21(12-17(20)15-25)26-18-7-2-1-3-8-18/h1-9,12-13,23H,10-11,14-15H2. The first-order valence-corrected chi connectivity index (χ1v) is 8.69. The van der Waals surface area contributed by atoms with Gasteiger partial charge in [0.15, 0.2) is 0 Å². The van der Waals surface area contributed by atoms with E-state index in [0.717, 1.165) is 30.1 Å². The van der Waals surface area contributed by atoms with Crippen molar-refractivity contribution in [2.75, 3.05) is 18.4 Å². The van der Waals surface area contributed by atoms with E-state index in [4.69, 9.17) is 4.74 Å². The topological polar surface area (TPSA) is 37.4 Å². The first kappa shape index (κ1) is 16.5. The van der Waals surface area contributed by atoms with Crippen molar-refractivity contribution < 1.29 is 9.13 Å². The van der Waals surface area contributed by atoms with Gasteiger partial charge in [0.2, 0.25) is 5.88 Å². The number of hydrogen-bond donors (Lipinski definition) is 1. The fourth-order valence-corrected chi connectivity index (χ4v) is 3.10.